The molecule has 112 valence electrons. The Kier molecular flexibility index (Phi) is 4.45. The first kappa shape index (κ1) is 16.8. The third-order valence-corrected chi connectivity index (χ3v) is 3.43. The quantitative estimate of drug-likeness (QED) is 0.742. The van der Waals surface area contributed by atoms with Gasteiger partial charge in [-0.25, -0.2) is 0 Å². The number of ether oxygens (including phenoxy) is 1. The highest BCUT2D eigenvalue weighted by Crippen LogP contribution is 2.40. The topological polar surface area (TPSA) is 43.4 Å². The third kappa shape index (κ3) is 3.66. The Morgan fingerprint density at radius 2 is 1.45 bits per heavy atom. The molecule has 0 amide bonds. The highest BCUT2D eigenvalue weighted by atomic mass is 16.5. The maximum Gasteiger partial charge on any atom is 0.185 e. The van der Waals surface area contributed by atoms with Crippen LogP contribution < -0.4 is 0 Å². The van der Waals surface area contributed by atoms with Crippen molar-refractivity contribution in [3.8, 4) is 0 Å². The van der Waals surface area contributed by atoms with Gasteiger partial charge in [0.1, 0.15) is 18.5 Å². The maximum atomic E-state index is 12.7. The van der Waals surface area contributed by atoms with Crippen LogP contribution in [0.15, 0.2) is 23.3 Å². The van der Waals surface area contributed by atoms with Crippen LogP contribution in [0.25, 0.3) is 0 Å². The number of aldehydes is 1. The van der Waals surface area contributed by atoms with Gasteiger partial charge in [0.05, 0.1) is 0 Å². The molecule has 1 aliphatic rings. The Balaban J connectivity index is 3.36. The Morgan fingerprint density at radius 3 is 1.75 bits per heavy atom. The van der Waals surface area contributed by atoms with Crippen molar-refractivity contribution in [2.75, 3.05) is 6.61 Å². The van der Waals surface area contributed by atoms with Crippen LogP contribution in [0.3, 0.4) is 0 Å². The zero-order valence-corrected chi connectivity index (χ0v) is 13.7. The lowest BCUT2D eigenvalue weighted by Crippen LogP contribution is -2.37. The molecular formula is C17H26O3. The van der Waals surface area contributed by atoms with E-state index in [1.54, 1.807) is 0 Å². The van der Waals surface area contributed by atoms with Crippen molar-refractivity contribution in [3.05, 3.63) is 23.3 Å². The van der Waals surface area contributed by atoms with Crippen LogP contribution in [0, 0.1) is 10.8 Å². The molecule has 0 aliphatic heterocycles. The summed E-state index contributed by atoms with van der Waals surface area (Å²) in [7, 11) is 0. The molecule has 3 nitrogen and oxygen atoms in total. The van der Waals surface area contributed by atoms with Crippen LogP contribution in [0.1, 0.15) is 48.5 Å². The molecule has 0 radical (unpaired) electrons. The number of hydrogen-bond donors (Lipinski definition) is 0. The molecule has 0 spiro atoms. The first-order valence-corrected chi connectivity index (χ1v) is 7.00. The van der Waals surface area contributed by atoms with Gasteiger partial charge in [0.15, 0.2) is 5.78 Å². The lowest BCUT2D eigenvalue weighted by Gasteiger charge is -2.37. The van der Waals surface area contributed by atoms with E-state index in [-0.39, 0.29) is 23.2 Å². The largest absolute Gasteiger partial charge is 0.360 e. The van der Waals surface area contributed by atoms with E-state index in [9.17, 15) is 9.59 Å². The smallest absolute Gasteiger partial charge is 0.185 e. The summed E-state index contributed by atoms with van der Waals surface area (Å²) < 4.78 is 5.65. The molecule has 0 heterocycles. The molecule has 0 atom stereocenters. The lowest BCUT2D eigenvalue weighted by atomic mass is 9.70. The van der Waals surface area contributed by atoms with Crippen LogP contribution in [0.2, 0.25) is 0 Å². The number of ketones is 1. The number of Topliss-reactive ketones (excluding diaryl/α,β-unsaturated/α-hetero) is 1. The molecule has 0 saturated heterocycles. The molecule has 0 aromatic rings. The Morgan fingerprint density at radius 1 is 1.05 bits per heavy atom. The molecule has 0 aromatic carbocycles. The van der Waals surface area contributed by atoms with Gasteiger partial charge in [-0.2, -0.15) is 0 Å². The van der Waals surface area contributed by atoms with Gasteiger partial charge in [-0.1, -0.05) is 41.5 Å². The van der Waals surface area contributed by atoms with Gasteiger partial charge in [0.25, 0.3) is 0 Å². The van der Waals surface area contributed by atoms with E-state index in [1.807, 2.05) is 60.6 Å². The van der Waals surface area contributed by atoms with Crippen molar-refractivity contribution in [1.82, 2.24) is 0 Å². The summed E-state index contributed by atoms with van der Waals surface area (Å²) in [5.74, 6) is 0.0807. The fraction of sp³-hybridized carbons (Fsp3) is 0.647. The predicted octanol–water partition coefficient (Wildman–Crippen LogP) is 3.49. The van der Waals surface area contributed by atoms with E-state index in [4.69, 9.17) is 4.74 Å². The maximum absolute atomic E-state index is 12.7. The summed E-state index contributed by atoms with van der Waals surface area (Å²) in [5.41, 5.74) is 0.276. The van der Waals surface area contributed by atoms with Crippen LogP contribution in [0.5, 0.6) is 0 Å². The summed E-state index contributed by atoms with van der Waals surface area (Å²) in [5, 5.41) is 0. The zero-order chi connectivity index (χ0) is 15.8. The lowest BCUT2D eigenvalue weighted by molar-refractivity contribution is -0.115. The molecule has 0 fully saturated rings. The fourth-order valence-electron chi connectivity index (χ4n) is 2.30. The predicted molar refractivity (Wildman–Crippen MR) is 80.5 cm³/mol. The van der Waals surface area contributed by atoms with Gasteiger partial charge in [-0.05, 0) is 29.9 Å². The minimum absolute atomic E-state index is 0.0204. The van der Waals surface area contributed by atoms with Crippen LogP contribution in [0.4, 0.5) is 0 Å². The average molecular weight is 278 g/mol. The zero-order valence-electron chi connectivity index (χ0n) is 13.7. The number of rotatable bonds is 3. The Hall–Kier alpha value is -1.22. The van der Waals surface area contributed by atoms with Crippen molar-refractivity contribution in [3.63, 3.8) is 0 Å². The van der Waals surface area contributed by atoms with E-state index in [0.717, 1.165) is 17.4 Å². The Bertz CT molecular complexity index is 433. The second-order valence-electron chi connectivity index (χ2n) is 7.61. The van der Waals surface area contributed by atoms with Gasteiger partial charge in [-0.3, -0.25) is 4.79 Å². The van der Waals surface area contributed by atoms with Gasteiger partial charge in [-0.15, -0.1) is 0 Å². The number of carbonyl (C=O) groups is 2. The molecule has 20 heavy (non-hydrogen) atoms. The molecule has 3 heteroatoms. The molecule has 1 rings (SSSR count). The highest BCUT2D eigenvalue weighted by molar-refractivity contribution is 6.11. The van der Waals surface area contributed by atoms with Crippen molar-refractivity contribution in [2.24, 2.45) is 10.8 Å². The molecule has 0 aromatic heterocycles. The molecule has 0 saturated carbocycles. The van der Waals surface area contributed by atoms with Gasteiger partial charge >= 0.3 is 0 Å². The van der Waals surface area contributed by atoms with Crippen molar-refractivity contribution in [1.29, 1.82) is 0 Å². The molecule has 1 aliphatic carbocycles. The fourth-order valence-corrected chi connectivity index (χ4v) is 2.30. The van der Waals surface area contributed by atoms with Crippen LogP contribution >= 0.6 is 0 Å². The van der Waals surface area contributed by atoms with Gasteiger partial charge in [0.2, 0.25) is 0 Å². The van der Waals surface area contributed by atoms with E-state index in [1.165, 1.54) is 0 Å². The number of carbonyl (C=O) groups excluding carboxylic acids is 2. The number of allylic oxidation sites excluding steroid dienone is 2. The van der Waals surface area contributed by atoms with E-state index in [2.05, 4.69) is 0 Å². The van der Waals surface area contributed by atoms with Crippen LogP contribution in [-0.4, -0.2) is 24.3 Å². The summed E-state index contributed by atoms with van der Waals surface area (Å²) >= 11 is 0. The second-order valence-corrected chi connectivity index (χ2v) is 7.61. The SMILES string of the molecule is CC1(OCC=O)C=C(C(C)(C)C)C(=O)C(C(C)(C)C)=C1. The van der Waals surface area contributed by atoms with E-state index in [0.29, 0.717) is 0 Å². The first-order chi connectivity index (χ1) is 8.91. The van der Waals surface area contributed by atoms with Gasteiger partial charge in [0, 0.05) is 11.1 Å². The summed E-state index contributed by atoms with van der Waals surface area (Å²) in [6, 6.07) is 0. The Labute approximate surface area is 122 Å². The second kappa shape index (κ2) is 5.28. The van der Waals surface area contributed by atoms with Crippen LogP contribution in [-0.2, 0) is 14.3 Å². The molecule has 0 bridgehead atoms. The molecule has 0 unspecified atom stereocenters. The molecular weight excluding hydrogens is 252 g/mol. The monoisotopic (exact) mass is 278 g/mol. The summed E-state index contributed by atoms with van der Waals surface area (Å²) in [6.07, 6.45) is 4.44. The highest BCUT2D eigenvalue weighted by Gasteiger charge is 2.39. The molecule has 0 N–H and O–H groups in total. The third-order valence-electron chi connectivity index (χ3n) is 3.43. The number of hydrogen-bond acceptors (Lipinski definition) is 3. The van der Waals surface area contributed by atoms with Crippen molar-refractivity contribution >= 4 is 12.1 Å². The first-order valence-electron chi connectivity index (χ1n) is 7.00. The summed E-state index contributed by atoms with van der Waals surface area (Å²) in [6.45, 7) is 14.0. The van der Waals surface area contributed by atoms with E-state index < -0.39 is 5.60 Å². The average Bonchev–Trinajstić information content (AvgIpc) is 2.27. The minimum atomic E-state index is -0.708. The van der Waals surface area contributed by atoms with Crippen molar-refractivity contribution in [2.45, 2.75) is 54.1 Å². The normalized spacial score (nSPS) is 19.4. The van der Waals surface area contributed by atoms with E-state index >= 15 is 0 Å². The standard InChI is InChI=1S/C17H26O3/c1-15(2,3)12-10-17(7,20-9-8-18)11-13(14(12)19)16(4,5)6/h8,10-11H,9H2,1-7H3. The van der Waals surface area contributed by atoms with Crippen molar-refractivity contribution < 1.29 is 14.3 Å². The van der Waals surface area contributed by atoms with Gasteiger partial charge < -0.3 is 9.53 Å². The summed E-state index contributed by atoms with van der Waals surface area (Å²) in [4.78, 5) is 23.3. The minimum Gasteiger partial charge on any atom is -0.360 e.